The molecule has 0 atom stereocenters. The smallest absolute Gasteiger partial charge is 0.0522 e. The van der Waals surface area contributed by atoms with Gasteiger partial charge in [-0.05, 0) is 45.2 Å². The van der Waals surface area contributed by atoms with Crippen molar-refractivity contribution < 1.29 is 0 Å². The van der Waals surface area contributed by atoms with Crippen LogP contribution in [0.4, 0.5) is 5.69 Å². The average molecular weight is 303 g/mol. The highest BCUT2D eigenvalue weighted by Gasteiger charge is 2.14. The minimum atomic E-state index is 0.109. The number of hydrogen-bond acceptors (Lipinski definition) is 4. The van der Waals surface area contributed by atoms with Crippen LogP contribution in [0.25, 0.3) is 0 Å². The lowest BCUT2D eigenvalue weighted by molar-refractivity contribution is 0.424. The maximum absolute atomic E-state index is 4.30. The van der Waals surface area contributed by atoms with Gasteiger partial charge >= 0.3 is 0 Å². The van der Waals surface area contributed by atoms with Crippen LogP contribution in [0.5, 0.6) is 0 Å². The molecule has 0 bridgehead atoms. The Labute approximate surface area is 132 Å². The number of nitrogens with one attached hydrogen (secondary N) is 1. The molecule has 114 valence electrons. The fourth-order valence-electron chi connectivity index (χ4n) is 2.18. The van der Waals surface area contributed by atoms with Gasteiger partial charge in [0.25, 0.3) is 0 Å². The third-order valence-corrected chi connectivity index (χ3v) is 4.20. The first-order valence-electron chi connectivity index (χ1n) is 7.45. The maximum atomic E-state index is 4.30. The van der Waals surface area contributed by atoms with Gasteiger partial charge in [-0.25, -0.2) is 0 Å². The first-order valence-corrected chi connectivity index (χ1v) is 8.33. The Balaban J connectivity index is 2.16. The zero-order chi connectivity index (χ0) is 15.3. The lowest BCUT2D eigenvalue weighted by Gasteiger charge is -2.27. The van der Waals surface area contributed by atoms with Crippen molar-refractivity contribution in [1.82, 2.24) is 10.3 Å². The molecule has 0 aliphatic heterocycles. The summed E-state index contributed by atoms with van der Waals surface area (Å²) in [4.78, 5) is 8.10. The van der Waals surface area contributed by atoms with Crippen LogP contribution in [0.3, 0.4) is 0 Å². The van der Waals surface area contributed by atoms with Crippen molar-refractivity contribution in [3.8, 4) is 0 Å². The molecule has 0 fully saturated rings. The number of hydrogen-bond donors (Lipinski definition) is 1. The van der Waals surface area contributed by atoms with Crippen LogP contribution >= 0.6 is 11.3 Å². The molecular weight excluding hydrogens is 278 g/mol. The Morgan fingerprint density at radius 3 is 2.71 bits per heavy atom. The van der Waals surface area contributed by atoms with Gasteiger partial charge in [0.2, 0.25) is 0 Å². The summed E-state index contributed by atoms with van der Waals surface area (Å²) >= 11 is 1.81. The number of nitrogens with zero attached hydrogens (tertiary/aromatic N) is 2. The summed E-state index contributed by atoms with van der Waals surface area (Å²) < 4.78 is 0. The normalized spacial score (nSPS) is 11.6. The molecule has 0 unspecified atom stereocenters. The highest BCUT2D eigenvalue weighted by molar-refractivity contribution is 7.09. The van der Waals surface area contributed by atoms with Gasteiger partial charge in [0.1, 0.15) is 0 Å². The van der Waals surface area contributed by atoms with E-state index < -0.39 is 0 Å². The monoisotopic (exact) mass is 303 g/mol. The van der Waals surface area contributed by atoms with Gasteiger partial charge < -0.3 is 10.2 Å². The third-order valence-electron chi connectivity index (χ3n) is 3.34. The molecule has 2 rings (SSSR count). The lowest BCUT2D eigenvalue weighted by atomic mass is 10.1. The molecule has 0 amide bonds. The Morgan fingerprint density at radius 2 is 2.10 bits per heavy atom. The van der Waals surface area contributed by atoms with Crippen LogP contribution in [0.2, 0.25) is 0 Å². The van der Waals surface area contributed by atoms with Crippen LogP contribution in [0.1, 0.15) is 38.1 Å². The van der Waals surface area contributed by atoms with Crippen LogP contribution in [0.15, 0.2) is 36.0 Å². The van der Waals surface area contributed by atoms with Crippen LogP contribution in [-0.2, 0) is 13.1 Å². The van der Waals surface area contributed by atoms with Gasteiger partial charge in [0.05, 0.1) is 6.54 Å². The molecule has 4 heteroatoms. The molecule has 2 aromatic heterocycles. The van der Waals surface area contributed by atoms with E-state index >= 15 is 0 Å². The zero-order valence-corrected chi connectivity index (χ0v) is 14.2. The summed E-state index contributed by atoms with van der Waals surface area (Å²) in [5.41, 5.74) is 2.64. The predicted octanol–water partition coefficient (Wildman–Crippen LogP) is 4.06. The Hall–Kier alpha value is -1.39. The van der Waals surface area contributed by atoms with Crippen molar-refractivity contribution in [2.75, 3.05) is 11.4 Å². The first kappa shape index (κ1) is 16.0. The molecule has 0 spiro atoms. The van der Waals surface area contributed by atoms with E-state index in [9.17, 15) is 0 Å². The van der Waals surface area contributed by atoms with E-state index in [2.05, 4.69) is 66.5 Å². The Morgan fingerprint density at radius 1 is 1.29 bits per heavy atom. The van der Waals surface area contributed by atoms with Crippen LogP contribution < -0.4 is 10.2 Å². The minimum absolute atomic E-state index is 0.109. The number of rotatable bonds is 6. The van der Waals surface area contributed by atoms with E-state index in [0.29, 0.717) is 0 Å². The summed E-state index contributed by atoms with van der Waals surface area (Å²) in [7, 11) is 0. The van der Waals surface area contributed by atoms with E-state index in [1.54, 1.807) is 0 Å². The molecule has 0 saturated carbocycles. The lowest BCUT2D eigenvalue weighted by Crippen LogP contribution is -2.35. The summed E-state index contributed by atoms with van der Waals surface area (Å²) in [5.74, 6) is 0. The fourth-order valence-corrected chi connectivity index (χ4v) is 2.90. The number of anilines is 1. The summed E-state index contributed by atoms with van der Waals surface area (Å²) in [6, 6.07) is 6.43. The topological polar surface area (TPSA) is 28.2 Å². The highest BCUT2D eigenvalue weighted by atomic mass is 32.1. The first-order chi connectivity index (χ1) is 9.99. The second kappa shape index (κ2) is 7.05. The molecule has 0 aliphatic rings. The van der Waals surface area contributed by atoms with Crippen molar-refractivity contribution in [3.63, 3.8) is 0 Å². The second-order valence-corrected chi connectivity index (χ2v) is 7.23. The van der Waals surface area contributed by atoms with E-state index in [-0.39, 0.29) is 5.54 Å². The molecule has 0 aliphatic carbocycles. The zero-order valence-electron chi connectivity index (χ0n) is 13.4. The van der Waals surface area contributed by atoms with Gasteiger partial charge in [-0.15, -0.1) is 11.3 Å². The molecule has 0 radical (unpaired) electrons. The summed E-state index contributed by atoms with van der Waals surface area (Å²) in [5, 5.41) is 5.69. The molecule has 2 aromatic rings. The second-order valence-electron chi connectivity index (χ2n) is 6.20. The standard InChI is InChI=1S/C17H25N3S/c1-5-20(13-15-7-6-10-21-15)16-8-9-18-11-14(16)12-19-17(2,3)4/h6-11,19H,5,12-13H2,1-4H3. The van der Waals surface area contributed by atoms with Crippen molar-refractivity contribution >= 4 is 17.0 Å². The Kier molecular flexibility index (Phi) is 5.37. The number of pyridine rings is 1. The molecule has 3 nitrogen and oxygen atoms in total. The SMILES string of the molecule is CCN(Cc1cccs1)c1ccncc1CNC(C)(C)C. The van der Waals surface area contributed by atoms with Crippen molar-refractivity contribution in [1.29, 1.82) is 0 Å². The quantitative estimate of drug-likeness (QED) is 0.872. The van der Waals surface area contributed by atoms with E-state index in [4.69, 9.17) is 0 Å². The molecular formula is C17H25N3S. The van der Waals surface area contributed by atoms with Gasteiger partial charge in [0.15, 0.2) is 0 Å². The van der Waals surface area contributed by atoms with E-state index in [0.717, 1.165) is 19.6 Å². The van der Waals surface area contributed by atoms with Crippen molar-refractivity contribution in [2.45, 2.75) is 46.3 Å². The van der Waals surface area contributed by atoms with Crippen LogP contribution in [0, 0.1) is 0 Å². The molecule has 21 heavy (non-hydrogen) atoms. The number of aromatic nitrogens is 1. The van der Waals surface area contributed by atoms with Gasteiger partial charge in [-0.3, -0.25) is 4.98 Å². The minimum Gasteiger partial charge on any atom is -0.366 e. The third kappa shape index (κ3) is 4.83. The van der Waals surface area contributed by atoms with Crippen LogP contribution in [-0.4, -0.2) is 17.1 Å². The maximum Gasteiger partial charge on any atom is 0.0522 e. The fraction of sp³-hybridized carbons (Fsp3) is 0.471. The predicted molar refractivity (Wildman–Crippen MR) is 91.9 cm³/mol. The molecule has 0 saturated heterocycles. The summed E-state index contributed by atoms with van der Waals surface area (Å²) in [6.07, 6.45) is 3.86. The Bertz CT molecular complexity index is 543. The molecule has 2 heterocycles. The van der Waals surface area contributed by atoms with E-state index in [1.807, 2.05) is 23.7 Å². The molecule has 1 N–H and O–H groups in total. The van der Waals surface area contributed by atoms with Crippen molar-refractivity contribution in [2.24, 2.45) is 0 Å². The van der Waals surface area contributed by atoms with Crippen molar-refractivity contribution in [3.05, 3.63) is 46.4 Å². The highest BCUT2D eigenvalue weighted by Crippen LogP contribution is 2.23. The number of thiophene rings is 1. The van der Waals surface area contributed by atoms with Gasteiger partial charge in [0, 0.05) is 47.2 Å². The van der Waals surface area contributed by atoms with E-state index in [1.165, 1.54) is 16.1 Å². The van der Waals surface area contributed by atoms with Gasteiger partial charge in [-0.2, -0.15) is 0 Å². The average Bonchev–Trinajstić information content (AvgIpc) is 2.95. The largest absolute Gasteiger partial charge is 0.366 e. The summed E-state index contributed by atoms with van der Waals surface area (Å²) in [6.45, 7) is 11.6. The molecule has 0 aromatic carbocycles. The van der Waals surface area contributed by atoms with Gasteiger partial charge in [-0.1, -0.05) is 6.07 Å².